The highest BCUT2D eigenvalue weighted by molar-refractivity contribution is 5.85. The number of amides is 1. The molecule has 0 aromatic heterocycles. The van der Waals surface area contributed by atoms with E-state index in [1.165, 1.54) is 25.7 Å². The first kappa shape index (κ1) is 12.9. The smallest absolute Gasteiger partial charge is 0.239 e. The third-order valence-corrected chi connectivity index (χ3v) is 4.70. The lowest BCUT2D eigenvalue weighted by molar-refractivity contribution is -0.126. The van der Waals surface area contributed by atoms with E-state index < -0.39 is 5.54 Å². The van der Waals surface area contributed by atoms with Crippen molar-refractivity contribution in [2.24, 2.45) is 23.5 Å². The molecule has 3 nitrogen and oxygen atoms in total. The second-order valence-electron chi connectivity index (χ2n) is 6.31. The number of rotatable bonds is 5. The van der Waals surface area contributed by atoms with Crippen LogP contribution in [0.3, 0.4) is 0 Å². The zero-order valence-electron chi connectivity index (χ0n) is 11.2. The zero-order valence-corrected chi connectivity index (χ0v) is 11.2. The van der Waals surface area contributed by atoms with E-state index in [1.807, 2.05) is 6.92 Å². The summed E-state index contributed by atoms with van der Waals surface area (Å²) in [5, 5.41) is 3.07. The van der Waals surface area contributed by atoms with Gasteiger partial charge in [0.15, 0.2) is 0 Å². The van der Waals surface area contributed by atoms with E-state index in [-0.39, 0.29) is 5.91 Å². The second kappa shape index (κ2) is 4.97. The van der Waals surface area contributed by atoms with Crippen LogP contribution in [-0.2, 0) is 4.79 Å². The Labute approximate surface area is 105 Å². The summed E-state index contributed by atoms with van der Waals surface area (Å²) >= 11 is 0. The summed E-state index contributed by atoms with van der Waals surface area (Å²) in [5.74, 6) is 2.56. The number of fused-ring (bicyclic) bond motifs is 2. The predicted octanol–water partition coefficient (Wildman–Crippen LogP) is 2.06. The molecule has 4 unspecified atom stereocenters. The molecule has 2 aliphatic carbocycles. The molecule has 2 fully saturated rings. The van der Waals surface area contributed by atoms with Crippen molar-refractivity contribution in [3.05, 3.63) is 0 Å². The monoisotopic (exact) mass is 238 g/mol. The minimum absolute atomic E-state index is 0.0297. The van der Waals surface area contributed by atoms with Crippen molar-refractivity contribution >= 4 is 5.91 Å². The molecule has 98 valence electrons. The molecule has 2 aliphatic rings. The van der Waals surface area contributed by atoms with E-state index in [4.69, 9.17) is 5.73 Å². The molecule has 0 aliphatic heterocycles. The first-order valence-corrected chi connectivity index (χ1v) is 7.10. The fourth-order valence-electron chi connectivity index (χ4n) is 3.69. The first-order chi connectivity index (χ1) is 8.03. The highest BCUT2D eigenvalue weighted by Gasteiger charge is 2.39. The van der Waals surface area contributed by atoms with Gasteiger partial charge < -0.3 is 11.1 Å². The van der Waals surface area contributed by atoms with Crippen LogP contribution in [-0.4, -0.2) is 18.0 Å². The van der Waals surface area contributed by atoms with Crippen molar-refractivity contribution in [2.45, 2.75) is 57.9 Å². The quantitative estimate of drug-likeness (QED) is 0.770. The average molecular weight is 238 g/mol. The lowest BCUT2D eigenvalue weighted by atomic mass is 9.88. The number of carbonyl (C=O) groups excluding carboxylic acids is 1. The summed E-state index contributed by atoms with van der Waals surface area (Å²) in [5.41, 5.74) is 5.33. The zero-order chi connectivity index (χ0) is 12.5. The van der Waals surface area contributed by atoms with Gasteiger partial charge in [-0.15, -0.1) is 0 Å². The van der Waals surface area contributed by atoms with E-state index in [0.717, 1.165) is 37.1 Å². The summed E-state index contributed by atoms with van der Waals surface area (Å²) < 4.78 is 0. The Hall–Kier alpha value is -0.570. The molecule has 0 saturated heterocycles. The maximum atomic E-state index is 12.0. The van der Waals surface area contributed by atoms with Gasteiger partial charge in [-0.05, 0) is 50.4 Å². The van der Waals surface area contributed by atoms with Gasteiger partial charge in [0.1, 0.15) is 0 Å². The van der Waals surface area contributed by atoms with Crippen molar-refractivity contribution in [3.8, 4) is 0 Å². The Kier molecular flexibility index (Phi) is 3.76. The van der Waals surface area contributed by atoms with Crippen LogP contribution < -0.4 is 11.1 Å². The van der Waals surface area contributed by atoms with Crippen molar-refractivity contribution in [1.82, 2.24) is 5.32 Å². The van der Waals surface area contributed by atoms with E-state index in [2.05, 4.69) is 12.2 Å². The third kappa shape index (κ3) is 2.82. The number of nitrogens with two attached hydrogens (primary N) is 1. The lowest BCUT2D eigenvalue weighted by Gasteiger charge is -2.26. The molecule has 3 N–H and O–H groups in total. The van der Waals surface area contributed by atoms with E-state index in [9.17, 15) is 4.79 Å². The number of carbonyl (C=O) groups is 1. The van der Waals surface area contributed by atoms with Crippen LogP contribution in [0.4, 0.5) is 0 Å². The van der Waals surface area contributed by atoms with Crippen molar-refractivity contribution in [3.63, 3.8) is 0 Å². The third-order valence-electron chi connectivity index (χ3n) is 4.70. The van der Waals surface area contributed by atoms with Gasteiger partial charge in [-0.2, -0.15) is 0 Å². The molecule has 2 bridgehead atoms. The van der Waals surface area contributed by atoms with Gasteiger partial charge in [-0.25, -0.2) is 0 Å². The Bertz CT molecular complexity index is 288. The lowest BCUT2D eigenvalue weighted by Crippen LogP contribution is -2.52. The molecule has 0 heterocycles. The maximum Gasteiger partial charge on any atom is 0.239 e. The van der Waals surface area contributed by atoms with Gasteiger partial charge in [0, 0.05) is 6.54 Å². The van der Waals surface area contributed by atoms with E-state index >= 15 is 0 Å². The van der Waals surface area contributed by atoms with E-state index in [0.29, 0.717) is 0 Å². The van der Waals surface area contributed by atoms with Gasteiger partial charge in [0.2, 0.25) is 5.91 Å². The van der Waals surface area contributed by atoms with Gasteiger partial charge >= 0.3 is 0 Å². The standard InChI is InChI=1S/C14H26N2O/c1-3-6-14(2,15)13(17)16-9-12-8-10-4-5-11(12)7-10/h10-12H,3-9,15H2,1-2H3,(H,16,17). The fraction of sp³-hybridized carbons (Fsp3) is 0.929. The Balaban J connectivity index is 1.76. The molecule has 0 aromatic rings. The topological polar surface area (TPSA) is 55.1 Å². The Morgan fingerprint density at radius 2 is 2.18 bits per heavy atom. The minimum Gasteiger partial charge on any atom is -0.354 e. The summed E-state index contributed by atoms with van der Waals surface area (Å²) in [7, 11) is 0. The molecule has 1 amide bonds. The van der Waals surface area contributed by atoms with Gasteiger partial charge in [0.05, 0.1) is 5.54 Å². The van der Waals surface area contributed by atoms with Crippen LogP contribution in [0.5, 0.6) is 0 Å². The summed E-state index contributed by atoms with van der Waals surface area (Å²) in [4.78, 5) is 12.0. The van der Waals surface area contributed by atoms with Gasteiger partial charge in [0.25, 0.3) is 0 Å². The van der Waals surface area contributed by atoms with Crippen LogP contribution in [0.25, 0.3) is 0 Å². The van der Waals surface area contributed by atoms with Crippen molar-refractivity contribution in [1.29, 1.82) is 0 Å². The molecule has 0 aromatic carbocycles. The molecule has 4 atom stereocenters. The van der Waals surface area contributed by atoms with Crippen LogP contribution in [0, 0.1) is 17.8 Å². The summed E-state index contributed by atoms with van der Waals surface area (Å²) in [6.45, 7) is 4.75. The van der Waals surface area contributed by atoms with Crippen LogP contribution >= 0.6 is 0 Å². The Morgan fingerprint density at radius 1 is 1.41 bits per heavy atom. The maximum absolute atomic E-state index is 12.0. The molecular formula is C14H26N2O. The molecule has 0 radical (unpaired) electrons. The molecular weight excluding hydrogens is 212 g/mol. The number of hydrogen-bond donors (Lipinski definition) is 2. The predicted molar refractivity (Wildman–Crippen MR) is 69.4 cm³/mol. The van der Waals surface area contributed by atoms with Crippen LogP contribution in [0.15, 0.2) is 0 Å². The molecule has 0 spiro atoms. The van der Waals surface area contributed by atoms with Crippen molar-refractivity contribution in [2.75, 3.05) is 6.54 Å². The highest BCUT2D eigenvalue weighted by atomic mass is 16.2. The number of hydrogen-bond acceptors (Lipinski definition) is 2. The van der Waals surface area contributed by atoms with Gasteiger partial charge in [-0.3, -0.25) is 4.79 Å². The largest absolute Gasteiger partial charge is 0.354 e. The average Bonchev–Trinajstić information content (AvgIpc) is 2.87. The fourth-order valence-corrected chi connectivity index (χ4v) is 3.69. The Morgan fingerprint density at radius 3 is 2.71 bits per heavy atom. The second-order valence-corrected chi connectivity index (χ2v) is 6.31. The normalized spacial score (nSPS) is 34.6. The van der Waals surface area contributed by atoms with Crippen LogP contribution in [0.1, 0.15) is 52.4 Å². The number of nitrogens with one attached hydrogen (secondary N) is 1. The molecule has 3 heteroatoms. The van der Waals surface area contributed by atoms with E-state index in [1.54, 1.807) is 0 Å². The van der Waals surface area contributed by atoms with Crippen molar-refractivity contribution < 1.29 is 4.79 Å². The molecule has 2 rings (SSSR count). The molecule has 17 heavy (non-hydrogen) atoms. The highest BCUT2D eigenvalue weighted by Crippen LogP contribution is 2.47. The van der Waals surface area contributed by atoms with Crippen LogP contribution in [0.2, 0.25) is 0 Å². The summed E-state index contributed by atoms with van der Waals surface area (Å²) in [6.07, 6.45) is 7.22. The molecule has 2 saturated carbocycles. The summed E-state index contributed by atoms with van der Waals surface area (Å²) in [6, 6.07) is 0. The first-order valence-electron chi connectivity index (χ1n) is 7.10. The van der Waals surface area contributed by atoms with Gasteiger partial charge in [-0.1, -0.05) is 19.8 Å². The minimum atomic E-state index is -0.688. The SMILES string of the molecule is CCCC(C)(N)C(=O)NCC1CC2CCC1C2.